The van der Waals surface area contributed by atoms with Crippen LogP contribution in [-0.2, 0) is 30.6 Å². The number of aliphatic carboxylic acids is 1. The first-order valence-electron chi connectivity index (χ1n) is 6.43. The van der Waals surface area contributed by atoms with Crippen molar-refractivity contribution in [1.82, 2.24) is 9.78 Å². The second-order valence-corrected chi connectivity index (χ2v) is 4.23. The predicted molar refractivity (Wildman–Crippen MR) is 67.2 cm³/mol. The first-order chi connectivity index (χ1) is 8.13. The van der Waals surface area contributed by atoms with Crippen LogP contribution in [0.3, 0.4) is 0 Å². The fourth-order valence-electron chi connectivity index (χ4n) is 2.12. The molecule has 0 saturated carbocycles. The maximum absolute atomic E-state index is 10.9. The van der Waals surface area contributed by atoms with Crippen LogP contribution in [-0.4, -0.2) is 20.9 Å². The maximum Gasteiger partial charge on any atom is 0.307 e. The molecule has 1 aromatic heterocycles. The molecule has 1 rings (SSSR count). The number of unbranched alkanes of at least 4 members (excludes halogenated alkanes) is 1. The number of nitrogens with zero attached hydrogens (tertiary/aromatic N) is 2. The smallest absolute Gasteiger partial charge is 0.307 e. The van der Waals surface area contributed by atoms with Gasteiger partial charge >= 0.3 is 5.97 Å². The molecule has 1 N–H and O–H groups in total. The Hall–Kier alpha value is -1.32. The number of rotatable bonds is 7. The summed E-state index contributed by atoms with van der Waals surface area (Å²) in [4.78, 5) is 10.9. The average molecular weight is 238 g/mol. The molecule has 0 fully saturated rings. The lowest BCUT2D eigenvalue weighted by Crippen LogP contribution is -2.07. The summed E-state index contributed by atoms with van der Waals surface area (Å²) in [5.41, 5.74) is 2.97. The normalized spacial score (nSPS) is 10.8. The van der Waals surface area contributed by atoms with Gasteiger partial charge in [-0.2, -0.15) is 5.10 Å². The summed E-state index contributed by atoms with van der Waals surface area (Å²) < 4.78 is 2.00. The maximum atomic E-state index is 10.9. The van der Waals surface area contributed by atoms with Crippen LogP contribution in [0.15, 0.2) is 0 Å². The summed E-state index contributed by atoms with van der Waals surface area (Å²) in [5, 5.41) is 13.5. The van der Waals surface area contributed by atoms with Gasteiger partial charge in [0, 0.05) is 17.8 Å². The molecular formula is C13H22N2O2. The van der Waals surface area contributed by atoms with Crippen LogP contribution in [0.25, 0.3) is 0 Å². The summed E-state index contributed by atoms with van der Waals surface area (Å²) in [6.45, 7) is 7.13. The van der Waals surface area contributed by atoms with Gasteiger partial charge in [-0.25, -0.2) is 0 Å². The van der Waals surface area contributed by atoms with E-state index in [1.807, 2.05) is 11.6 Å². The summed E-state index contributed by atoms with van der Waals surface area (Å²) in [6.07, 6.45) is 3.95. The Morgan fingerprint density at radius 1 is 1.29 bits per heavy atom. The van der Waals surface area contributed by atoms with E-state index >= 15 is 0 Å². The molecule has 0 unspecified atom stereocenters. The van der Waals surface area contributed by atoms with Crippen molar-refractivity contribution in [1.29, 1.82) is 0 Å². The van der Waals surface area contributed by atoms with Gasteiger partial charge in [0.15, 0.2) is 0 Å². The van der Waals surface area contributed by atoms with Gasteiger partial charge in [0.25, 0.3) is 0 Å². The zero-order valence-corrected chi connectivity index (χ0v) is 11.0. The largest absolute Gasteiger partial charge is 0.481 e. The van der Waals surface area contributed by atoms with Crippen LogP contribution in [0.2, 0.25) is 0 Å². The van der Waals surface area contributed by atoms with Crippen molar-refractivity contribution in [3.63, 3.8) is 0 Å². The molecule has 0 amide bonds. The van der Waals surface area contributed by atoms with E-state index < -0.39 is 5.97 Å². The molecule has 4 heteroatoms. The number of carboxylic acid groups (broad SMARTS) is 1. The molecular weight excluding hydrogens is 216 g/mol. The van der Waals surface area contributed by atoms with Gasteiger partial charge in [-0.05, 0) is 19.3 Å². The second-order valence-electron chi connectivity index (χ2n) is 4.23. The van der Waals surface area contributed by atoms with E-state index in [-0.39, 0.29) is 6.42 Å². The van der Waals surface area contributed by atoms with Crippen molar-refractivity contribution in [2.75, 3.05) is 0 Å². The minimum absolute atomic E-state index is 0.0957. The van der Waals surface area contributed by atoms with Crippen LogP contribution < -0.4 is 0 Å². The molecule has 1 heterocycles. The van der Waals surface area contributed by atoms with E-state index in [9.17, 15) is 4.79 Å². The quantitative estimate of drug-likeness (QED) is 0.793. The number of hydrogen-bond acceptors (Lipinski definition) is 2. The average Bonchev–Trinajstić information content (AvgIpc) is 2.62. The SMILES string of the molecule is CCCCn1nc(CC)c(CC(=O)O)c1CC. The molecule has 0 saturated heterocycles. The van der Waals surface area contributed by atoms with Crippen LogP contribution >= 0.6 is 0 Å². The van der Waals surface area contributed by atoms with Crippen LogP contribution in [0, 0.1) is 0 Å². The zero-order valence-electron chi connectivity index (χ0n) is 11.0. The highest BCUT2D eigenvalue weighted by molar-refractivity contribution is 5.71. The first-order valence-corrected chi connectivity index (χ1v) is 6.43. The van der Waals surface area contributed by atoms with Gasteiger partial charge < -0.3 is 5.11 Å². The second kappa shape index (κ2) is 6.42. The van der Waals surface area contributed by atoms with Gasteiger partial charge in [-0.3, -0.25) is 9.48 Å². The minimum atomic E-state index is -0.774. The van der Waals surface area contributed by atoms with Gasteiger partial charge in [-0.1, -0.05) is 27.2 Å². The Labute approximate surface area is 103 Å². The molecule has 0 bridgehead atoms. The minimum Gasteiger partial charge on any atom is -0.481 e. The van der Waals surface area contributed by atoms with E-state index in [0.717, 1.165) is 49.2 Å². The van der Waals surface area contributed by atoms with Gasteiger partial charge in [0.1, 0.15) is 0 Å². The number of aromatic nitrogens is 2. The monoisotopic (exact) mass is 238 g/mol. The fraction of sp³-hybridized carbons (Fsp3) is 0.692. The van der Waals surface area contributed by atoms with E-state index in [0.29, 0.717) is 0 Å². The van der Waals surface area contributed by atoms with Crippen molar-refractivity contribution in [3.05, 3.63) is 17.0 Å². The van der Waals surface area contributed by atoms with Crippen LogP contribution in [0.5, 0.6) is 0 Å². The lowest BCUT2D eigenvalue weighted by molar-refractivity contribution is -0.136. The van der Waals surface area contributed by atoms with Crippen LogP contribution in [0.1, 0.15) is 50.6 Å². The Morgan fingerprint density at radius 2 is 2.00 bits per heavy atom. The van der Waals surface area contributed by atoms with Crippen LogP contribution in [0.4, 0.5) is 0 Å². The van der Waals surface area contributed by atoms with Crippen molar-refractivity contribution < 1.29 is 9.90 Å². The fourth-order valence-corrected chi connectivity index (χ4v) is 2.12. The third-order valence-electron chi connectivity index (χ3n) is 2.97. The Balaban J connectivity index is 3.06. The van der Waals surface area contributed by atoms with Crippen molar-refractivity contribution in [3.8, 4) is 0 Å². The topological polar surface area (TPSA) is 55.1 Å². The Kier molecular flexibility index (Phi) is 5.19. The van der Waals surface area contributed by atoms with E-state index in [1.54, 1.807) is 0 Å². The molecule has 0 atom stereocenters. The standard InChI is InChI=1S/C13H22N2O2/c1-4-7-8-15-12(6-3)10(9-13(16)17)11(5-2)14-15/h4-9H2,1-3H3,(H,16,17). The molecule has 17 heavy (non-hydrogen) atoms. The van der Waals surface area contributed by atoms with E-state index in [4.69, 9.17) is 5.11 Å². The molecule has 0 aliphatic rings. The highest BCUT2D eigenvalue weighted by Crippen LogP contribution is 2.17. The van der Waals surface area contributed by atoms with Gasteiger partial charge in [-0.15, -0.1) is 0 Å². The molecule has 0 aliphatic carbocycles. The summed E-state index contributed by atoms with van der Waals surface area (Å²) in [5.74, 6) is -0.774. The Morgan fingerprint density at radius 3 is 2.47 bits per heavy atom. The van der Waals surface area contributed by atoms with Crippen molar-refractivity contribution >= 4 is 5.97 Å². The highest BCUT2D eigenvalue weighted by Gasteiger charge is 2.17. The Bertz CT molecular complexity index is 383. The lowest BCUT2D eigenvalue weighted by Gasteiger charge is -2.06. The number of carboxylic acids is 1. The third kappa shape index (κ3) is 3.32. The third-order valence-corrected chi connectivity index (χ3v) is 2.97. The highest BCUT2D eigenvalue weighted by atomic mass is 16.4. The molecule has 96 valence electrons. The molecule has 0 spiro atoms. The predicted octanol–water partition coefficient (Wildman–Crippen LogP) is 2.44. The van der Waals surface area contributed by atoms with E-state index in [1.165, 1.54) is 0 Å². The molecule has 0 aliphatic heterocycles. The molecule has 0 radical (unpaired) electrons. The van der Waals surface area contributed by atoms with Crippen molar-refractivity contribution in [2.45, 2.75) is 59.4 Å². The van der Waals surface area contributed by atoms with E-state index in [2.05, 4.69) is 18.9 Å². The number of hydrogen-bond donors (Lipinski definition) is 1. The van der Waals surface area contributed by atoms with Gasteiger partial charge in [0.2, 0.25) is 0 Å². The molecule has 0 aromatic carbocycles. The first kappa shape index (κ1) is 13.7. The number of carbonyl (C=O) groups is 1. The van der Waals surface area contributed by atoms with Crippen molar-refractivity contribution in [2.24, 2.45) is 0 Å². The summed E-state index contributed by atoms with van der Waals surface area (Å²) in [6, 6.07) is 0. The number of aryl methyl sites for hydroxylation is 2. The molecule has 1 aromatic rings. The summed E-state index contributed by atoms with van der Waals surface area (Å²) in [7, 11) is 0. The van der Waals surface area contributed by atoms with Gasteiger partial charge in [0.05, 0.1) is 12.1 Å². The summed E-state index contributed by atoms with van der Waals surface area (Å²) >= 11 is 0. The molecule has 4 nitrogen and oxygen atoms in total. The lowest BCUT2D eigenvalue weighted by atomic mass is 10.1. The zero-order chi connectivity index (χ0) is 12.8.